The molecular formula is C24H28N4O9. The van der Waals surface area contributed by atoms with Crippen molar-refractivity contribution in [2.24, 2.45) is 22.4 Å². The maximum Gasteiger partial charge on any atom is 0.315 e. The topological polar surface area (TPSA) is 183 Å². The first-order chi connectivity index (χ1) is 17.5. The van der Waals surface area contributed by atoms with E-state index >= 15 is 0 Å². The molecule has 0 radical (unpaired) electrons. The van der Waals surface area contributed by atoms with E-state index in [1.54, 1.807) is 13.0 Å². The number of rotatable bonds is 7. The summed E-state index contributed by atoms with van der Waals surface area (Å²) in [4.78, 5) is 46.1. The fourth-order valence-electron chi connectivity index (χ4n) is 6.22. The van der Waals surface area contributed by atoms with Gasteiger partial charge in [-0.3, -0.25) is 35.2 Å². The van der Waals surface area contributed by atoms with Crippen LogP contribution in [0.15, 0.2) is 35.5 Å². The standard InChI is InChI=1S/C24H28N4O9/c1-22(9-3-13-25-26-17-5-4-16(27(32)33)14-18(17)28(34)35)19-8-11-23(21(30)37-22)10-6-15(20(29)36-2)7-12-24(19,23)31/h3-5,9,13-15,19,26,31H,6-8,10-12H2,1-2H3/b9-3+,25-13+/t15-,19-,22+,23+,24-/m0/s1. The van der Waals surface area contributed by atoms with E-state index in [1.807, 2.05) is 0 Å². The van der Waals surface area contributed by atoms with Crippen molar-refractivity contribution in [3.63, 3.8) is 0 Å². The lowest BCUT2D eigenvalue weighted by Gasteiger charge is -2.52. The van der Waals surface area contributed by atoms with Gasteiger partial charge in [0.25, 0.3) is 5.69 Å². The van der Waals surface area contributed by atoms with Crippen molar-refractivity contribution in [3.8, 4) is 0 Å². The number of nitro groups is 2. The normalized spacial score (nSPS) is 33.0. The maximum atomic E-state index is 13.3. The van der Waals surface area contributed by atoms with Gasteiger partial charge in [0.05, 0.1) is 40.0 Å². The van der Waals surface area contributed by atoms with Gasteiger partial charge in [0.1, 0.15) is 11.3 Å². The van der Waals surface area contributed by atoms with Gasteiger partial charge in [-0.15, -0.1) is 0 Å². The van der Waals surface area contributed by atoms with Crippen LogP contribution in [0.2, 0.25) is 0 Å². The van der Waals surface area contributed by atoms with Crippen molar-refractivity contribution in [3.05, 3.63) is 50.6 Å². The Kier molecular flexibility index (Phi) is 6.76. The molecule has 4 rings (SSSR count). The number of allylic oxidation sites excluding steroid dienone is 1. The van der Waals surface area contributed by atoms with Crippen LogP contribution in [-0.4, -0.2) is 51.4 Å². The van der Waals surface area contributed by atoms with E-state index in [9.17, 15) is 34.9 Å². The number of hydrogen-bond acceptors (Lipinski definition) is 11. The molecule has 13 heteroatoms. The molecule has 37 heavy (non-hydrogen) atoms. The van der Waals surface area contributed by atoms with Crippen LogP contribution in [0.4, 0.5) is 17.1 Å². The van der Waals surface area contributed by atoms with Crippen LogP contribution >= 0.6 is 0 Å². The molecule has 1 aliphatic heterocycles. The number of aliphatic hydroxyl groups is 1. The second-order valence-electron chi connectivity index (χ2n) is 9.93. The van der Waals surface area contributed by atoms with Crippen LogP contribution in [0.1, 0.15) is 45.4 Å². The molecule has 13 nitrogen and oxygen atoms in total. The number of benzene rings is 1. The number of ether oxygens (including phenoxy) is 2. The third kappa shape index (κ3) is 4.32. The molecule has 1 saturated heterocycles. The fourth-order valence-corrected chi connectivity index (χ4v) is 6.22. The first kappa shape index (κ1) is 26.2. The summed E-state index contributed by atoms with van der Waals surface area (Å²) in [7, 11) is 1.33. The summed E-state index contributed by atoms with van der Waals surface area (Å²) in [6.07, 6.45) is 6.91. The van der Waals surface area contributed by atoms with Crippen molar-refractivity contribution in [1.82, 2.24) is 0 Å². The van der Waals surface area contributed by atoms with Crippen molar-refractivity contribution >= 4 is 35.2 Å². The van der Waals surface area contributed by atoms with Gasteiger partial charge in [-0.2, -0.15) is 5.10 Å². The summed E-state index contributed by atoms with van der Waals surface area (Å²) in [5.41, 5.74) is -2.01. The molecule has 2 aliphatic carbocycles. The molecule has 2 saturated carbocycles. The Bertz CT molecular complexity index is 1200. The number of methoxy groups -OCH3 is 1. The molecule has 1 heterocycles. The number of hydrogen-bond donors (Lipinski definition) is 2. The van der Waals surface area contributed by atoms with E-state index in [2.05, 4.69) is 10.5 Å². The minimum Gasteiger partial charge on any atom is -0.469 e. The molecule has 3 aliphatic rings. The second kappa shape index (κ2) is 9.54. The molecule has 0 amide bonds. The highest BCUT2D eigenvalue weighted by atomic mass is 16.6. The molecule has 1 aromatic carbocycles. The summed E-state index contributed by atoms with van der Waals surface area (Å²) in [6, 6.07) is 3.14. The van der Waals surface area contributed by atoms with Crippen LogP contribution in [0.5, 0.6) is 0 Å². The molecule has 2 bridgehead atoms. The average molecular weight is 517 g/mol. The minimum absolute atomic E-state index is 0.0379. The monoisotopic (exact) mass is 516 g/mol. The van der Waals surface area contributed by atoms with E-state index in [0.717, 1.165) is 12.1 Å². The first-order valence-electron chi connectivity index (χ1n) is 11.9. The third-order valence-electron chi connectivity index (χ3n) is 8.15. The lowest BCUT2D eigenvalue weighted by atomic mass is 9.62. The number of nitro benzene ring substituents is 2. The van der Waals surface area contributed by atoms with Crippen LogP contribution in [-0.2, 0) is 19.1 Å². The second-order valence-corrected chi connectivity index (χ2v) is 9.93. The quantitative estimate of drug-likeness (QED) is 0.236. The van der Waals surface area contributed by atoms with Crippen LogP contribution in [0.25, 0.3) is 0 Å². The number of carbonyl (C=O) groups is 2. The maximum absolute atomic E-state index is 13.3. The van der Waals surface area contributed by atoms with Crippen LogP contribution in [0, 0.1) is 37.5 Å². The number of cyclic esters (lactones) is 1. The Hall–Kier alpha value is -3.87. The highest BCUT2D eigenvalue weighted by molar-refractivity contribution is 5.82. The van der Waals surface area contributed by atoms with Crippen molar-refractivity contribution in [1.29, 1.82) is 0 Å². The highest BCUT2D eigenvalue weighted by Crippen LogP contribution is 2.64. The predicted molar refractivity (Wildman–Crippen MR) is 130 cm³/mol. The highest BCUT2D eigenvalue weighted by Gasteiger charge is 2.72. The molecule has 0 spiro atoms. The van der Waals surface area contributed by atoms with E-state index in [-0.39, 0.29) is 24.0 Å². The Labute approximate surface area is 211 Å². The van der Waals surface area contributed by atoms with Crippen molar-refractivity contribution in [2.75, 3.05) is 12.5 Å². The van der Waals surface area contributed by atoms with Gasteiger partial charge in [0.15, 0.2) is 0 Å². The Balaban J connectivity index is 1.51. The van der Waals surface area contributed by atoms with E-state index in [1.165, 1.54) is 25.5 Å². The van der Waals surface area contributed by atoms with E-state index in [0.29, 0.717) is 32.1 Å². The van der Waals surface area contributed by atoms with E-state index < -0.39 is 49.7 Å². The zero-order chi connectivity index (χ0) is 27.0. The molecule has 5 atom stereocenters. The average Bonchev–Trinajstić information content (AvgIpc) is 2.98. The fraction of sp³-hybridized carbons (Fsp3) is 0.542. The molecule has 1 aromatic rings. The Morgan fingerprint density at radius 2 is 1.92 bits per heavy atom. The summed E-state index contributed by atoms with van der Waals surface area (Å²) < 4.78 is 10.8. The zero-order valence-electron chi connectivity index (χ0n) is 20.4. The van der Waals surface area contributed by atoms with Crippen LogP contribution < -0.4 is 5.43 Å². The summed E-state index contributed by atoms with van der Waals surface area (Å²) >= 11 is 0. The third-order valence-corrected chi connectivity index (χ3v) is 8.15. The van der Waals surface area contributed by atoms with Gasteiger partial charge in [-0.05, 0) is 63.7 Å². The van der Waals surface area contributed by atoms with Gasteiger partial charge in [0.2, 0.25) is 0 Å². The Morgan fingerprint density at radius 3 is 2.59 bits per heavy atom. The van der Waals surface area contributed by atoms with Gasteiger partial charge < -0.3 is 14.6 Å². The number of nitrogens with one attached hydrogen (secondary N) is 1. The first-order valence-corrected chi connectivity index (χ1v) is 11.9. The van der Waals surface area contributed by atoms with Gasteiger partial charge in [0, 0.05) is 18.2 Å². The SMILES string of the molecule is COC(=O)[C@H]1CC[C@@]23CC[C@@H]([C@@](C)(/C=C/C=N/Nc4ccc([N+](=O)[O-])cc4[N+](=O)[O-])OC2=O)[C@@]3(O)CC1. The number of anilines is 1. The zero-order valence-corrected chi connectivity index (χ0v) is 20.4. The van der Waals surface area contributed by atoms with Gasteiger partial charge in [-0.25, -0.2) is 0 Å². The molecule has 2 N–H and O–H groups in total. The minimum atomic E-state index is -1.33. The largest absolute Gasteiger partial charge is 0.469 e. The molecule has 0 aromatic heterocycles. The molecule has 0 unspecified atom stereocenters. The molecular weight excluding hydrogens is 488 g/mol. The number of nitrogens with zero attached hydrogens (tertiary/aromatic N) is 3. The van der Waals surface area contributed by atoms with Crippen molar-refractivity contribution in [2.45, 2.75) is 56.7 Å². The number of esters is 2. The van der Waals surface area contributed by atoms with E-state index in [4.69, 9.17) is 9.47 Å². The van der Waals surface area contributed by atoms with Gasteiger partial charge >= 0.3 is 17.6 Å². The van der Waals surface area contributed by atoms with Gasteiger partial charge in [-0.1, -0.05) is 0 Å². The summed E-state index contributed by atoms with van der Waals surface area (Å²) in [5.74, 6) is -1.62. The summed E-state index contributed by atoms with van der Waals surface area (Å²) in [5, 5.41) is 38.0. The molecule has 198 valence electrons. The predicted octanol–water partition coefficient (Wildman–Crippen LogP) is 3.26. The smallest absolute Gasteiger partial charge is 0.315 e. The number of non-ortho nitro benzene ring substituents is 1. The Morgan fingerprint density at radius 1 is 1.22 bits per heavy atom. The van der Waals surface area contributed by atoms with Crippen molar-refractivity contribution < 1.29 is 34.0 Å². The lowest BCUT2D eigenvalue weighted by Crippen LogP contribution is -2.63. The number of carbonyl (C=O) groups excluding carboxylic acids is 2. The van der Waals surface area contributed by atoms with Crippen LogP contribution in [0.3, 0.4) is 0 Å². The lowest BCUT2D eigenvalue weighted by molar-refractivity contribution is -0.393. The summed E-state index contributed by atoms with van der Waals surface area (Å²) in [6.45, 7) is 1.71. The molecule has 3 fully saturated rings. The number of hydrazone groups is 1.